The molecule has 0 unspecified atom stereocenters. The van der Waals surface area contributed by atoms with Gasteiger partial charge in [0.05, 0.1) is 21.1 Å². The van der Waals surface area contributed by atoms with E-state index in [2.05, 4.69) is 25.4 Å². The van der Waals surface area contributed by atoms with Crippen LogP contribution < -0.4 is 10.2 Å². The first kappa shape index (κ1) is 17.2. The van der Waals surface area contributed by atoms with Crippen molar-refractivity contribution in [2.75, 3.05) is 23.3 Å². The van der Waals surface area contributed by atoms with Crippen molar-refractivity contribution in [2.45, 2.75) is 19.8 Å². The van der Waals surface area contributed by atoms with Gasteiger partial charge in [-0.2, -0.15) is 0 Å². The second kappa shape index (κ2) is 7.17. The average molecular weight is 388 g/mol. The van der Waals surface area contributed by atoms with Crippen molar-refractivity contribution in [3.63, 3.8) is 0 Å². The number of halogens is 1. The Kier molecular flexibility index (Phi) is 4.74. The maximum atomic E-state index is 12.7. The van der Waals surface area contributed by atoms with Gasteiger partial charge in [-0.15, -0.1) is 21.5 Å². The van der Waals surface area contributed by atoms with Gasteiger partial charge in [0.2, 0.25) is 5.91 Å². The Labute approximate surface area is 160 Å². The van der Waals surface area contributed by atoms with Crippen LogP contribution in [0.25, 0.3) is 10.2 Å². The SMILES string of the molecule is Cc1nc2ccc(NC(=O)[C@@H]3CCCN(c4ccc(Cl)nn4)C3)cc2s1. The molecule has 1 saturated heterocycles. The number of anilines is 2. The third-order valence-electron chi connectivity index (χ3n) is 4.50. The number of carbonyl (C=O) groups is 1. The fourth-order valence-electron chi connectivity index (χ4n) is 3.24. The molecule has 26 heavy (non-hydrogen) atoms. The Morgan fingerprint density at radius 3 is 3.00 bits per heavy atom. The standard InChI is InChI=1S/C18H18ClN5OS/c1-11-20-14-5-4-13(9-15(14)26-11)21-18(25)12-3-2-8-24(10-12)17-7-6-16(19)22-23-17/h4-7,9,12H,2-3,8,10H2,1H3,(H,21,25)/t12-/m1/s1. The molecular formula is C18H18ClN5OS. The zero-order chi connectivity index (χ0) is 18.1. The predicted molar refractivity (Wildman–Crippen MR) is 105 cm³/mol. The van der Waals surface area contributed by atoms with Crippen LogP contribution in [0.1, 0.15) is 17.8 Å². The summed E-state index contributed by atoms with van der Waals surface area (Å²) >= 11 is 7.43. The van der Waals surface area contributed by atoms with Gasteiger partial charge < -0.3 is 10.2 Å². The molecule has 134 valence electrons. The van der Waals surface area contributed by atoms with E-state index in [1.165, 1.54) is 0 Å². The molecule has 0 saturated carbocycles. The zero-order valence-corrected chi connectivity index (χ0v) is 15.8. The van der Waals surface area contributed by atoms with Gasteiger partial charge in [0.15, 0.2) is 11.0 Å². The molecule has 1 fully saturated rings. The molecule has 3 aromatic rings. The second-order valence-electron chi connectivity index (χ2n) is 6.40. The summed E-state index contributed by atoms with van der Waals surface area (Å²) in [7, 11) is 0. The van der Waals surface area contributed by atoms with Crippen molar-refractivity contribution in [2.24, 2.45) is 5.92 Å². The minimum absolute atomic E-state index is 0.0391. The summed E-state index contributed by atoms with van der Waals surface area (Å²) in [5.41, 5.74) is 1.78. The molecule has 0 aliphatic carbocycles. The number of aryl methyl sites for hydroxylation is 1. The molecule has 8 heteroatoms. The molecule has 1 aliphatic heterocycles. The number of aromatic nitrogens is 3. The fourth-order valence-corrected chi connectivity index (χ4v) is 4.21. The van der Waals surface area contributed by atoms with E-state index < -0.39 is 0 Å². The first-order chi connectivity index (χ1) is 12.6. The largest absolute Gasteiger partial charge is 0.354 e. The van der Waals surface area contributed by atoms with Gasteiger partial charge in [0.1, 0.15) is 0 Å². The van der Waals surface area contributed by atoms with Crippen LogP contribution in [-0.2, 0) is 4.79 Å². The maximum absolute atomic E-state index is 12.7. The first-order valence-electron chi connectivity index (χ1n) is 8.51. The van der Waals surface area contributed by atoms with Crippen molar-refractivity contribution in [3.8, 4) is 0 Å². The van der Waals surface area contributed by atoms with Gasteiger partial charge >= 0.3 is 0 Å². The number of piperidine rings is 1. The van der Waals surface area contributed by atoms with Gasteiger partial charge in [0.25, 0.3) is 0 Å². The maximum Gasteiger partial charge on any atom is 0.229 e. The molecule has 0 spiro atoms. The summed E-state index contributed by atoms with van der Waals surface area (Å²) < 4.78 is 1.09. The zero-order valence-electron chi connectivity index (χ0n) is 14.3. The van der Waals surface area contributed by atoms with Crippen molar-refractivity contribution in [1.29, 1.82) is 0 Å². The normalized spacial score (nSPS) is 17.5. The van der Waals surface area contributed by atoms with Crippen molar-refractivity contribution >= 4 is 50.6 Å². The van der Waals surface area contributed by atoms with E-state index in [-0.39, 0.29) is 11.8 Å². The molecule has 0 bridgehead atoms. The lowest BCUT2D eigenvalue weighted by atomic mass is 9.97. The summed E-state index contributed by atoms with van der Waals surface area (Å²) in [5, 5.41) is 12.5. The van der Waals surface area contributed by atoms with Gasteiger partial charge in [-0.1, -0.05) is 11.6 Å². The Morgan fingerprint density at radius 1 is 1.31 bits per heavy atom. The Bertz CT molecular complexity index is 942. The summed E-state index contributed by atoms with van der Waals surface area (Å²) in [6.45, 7) is 3.48. The number of nitrogens with zero attached hydrogens (tertiary/aromatic N) is 4. The molecule has 4 rings (SSSR count). The van der Waals surface area contributed by atoms with E-state index in [1.54, 1.807) is 17.4 Å². The minimum Gasteiger partial charge on any atom is -0.354 e. The van der Waals surface area contributed by atoms with E-state index in [4.69, 9.17) is 11.6 Å². The summed E-state index contributed by atoms with van der Waals surface area (Å²) in [5.74, 6) is 0.714. The number of amides is 1. The smallest absolute Gasteiger partial charge is 0.229 e. The second-order valence-corrected chi connectivity index (χ2v) is 8.03. The van der Waals surface area contributed by atoms with E-state index in [0.717, 1.165) is 46.1 Å². The minimum atomic E-state index is -0.0832. The molecule has 1 N–H and O–H groups in total. The summed E-state index contributed by atoms with van der Waals surface area (Å²) in [6.07, 6.45) is 1.81. The third kappa shape index (κ3) is 3.64. The number of carbonyl (C=O) groups excluding carboxylic acids is 1. The Hall–Kier alpha value is -2.25. The van der Waals surface area contributed by atoms with Crippen LogP contribution in [0.3, 0.4) is 0 Å². The van der Waals surface area contributed by atoms with Crippen LogP contribution in [-0.4, -0.2) is 34.2 Å². The highest BCUT2D eigenvalue weighted by Gasteiger charge is 2.27. The molecule has 6 nitrogen and oxygen atoms in total. The number of hydrogen-bond acceptors (Lipinski definition) is 6. The van der Waals surface area contributed by atoms with Crippen molar-refractivity contribution in [3.05, 3.63) is 40.5 Å². The first-order valence-corrected chi connectivity index (χ1v) is 9.70. The van der Waals surface area contributed by atoms with Crippen LogP contribution in [0.2, 0.25) is 5.15 Å². The summed E-state index contributed by atoms with van der Waals surface area (Å²) in [6, 6.07) is 9.41. The number of hydrogen-bond donors (Lipinski definition) is 1. The van der Waals surface area contributed by atoms with Gasteiger partial charge in [-0.25, -0.2) is 4.98 Å². The number of thiazole rings is 1. The highest BCUT2D eigenvalue weighted by atomic mass is 35.5. The van der Waals surface area contributed by atoms with Crippen LogP contribution in [0.4, 0.5) is 11.5 Å². The topological polar surface area (TPSA) is 71.0 Å². The van der Waals surface area contributed by atoms with Gasteiger partial charge in [0, 0.05) is 18.8 Å². The van der Waals surface area contributed by atoms with Gasteiger partial charge in [-0.05, 0) is 50.1 Å². The number of benzene rings is 1. The molecule has 3 heterocycles. The Balaban J connectivity index is 1.45. The van der Waals surface area contributed by atoms with Crippen LogP contribution in [0.15, 0.2) is 30.3 Å². The molecular weight excluding hydrogens is 370 g/mol. The van der Waals surface area contributed by atoms with E-state index in [1.807, 2.05) is 31.2 Å². The van der Waals surface area contributed by atoms with Crippen LogP contribution >= 0.6 is 22.9 Å². The monoisotopic (exact) mass is 387 g/mol. The Morgan fingerprint density at radius 2 is 2.19 bits per heavy atom. The molecule has 1 aliphatic rings. The predicted octanol–water partition coefficient (Wildman–Crippen LogP) is 3.90. The fraction of sp³-hybridized carbons (Fsp3) is 0.333. The quantitative estimate of drug-likeness (QED) is 0.737. The molecule has 0 radical (unpaired) electrons. The third-order valence-corrected chi connectivity index (χ3v) is 5.63. The van der Waals surface area contributed by atoms with E-state index in [0.29, 0.717) is 11.7 Å². The lowest BCUT2D eigenvalue weighted by Crippen LogP contribution is -2.41. The lowest BCUT2D eigenvalue weighted by Gasteiger charge is -2.32. The molecule has 1 amide bonds. The van der Waals surface area contributed by atoms with Crippen molar-refractivity contribution in [1.82, 2.24) is 15.2 Å². The van der Waals surface area contributed by atoms with Crippen LogP contribution in [0, 0.1) is 12.8 Å². The molecule has 1 atom stereocenters. The molecule has 1 aromatic carbocycles. The van der Waals surface area contributed by atoms with Crippen molar-refractivity contribution < 1.29 is 4.79 Å². The average Bonchev–Trinajstić information content (AvgIpc) is 3.02. The highest BCUT2D eigenvalue weighted by Crippen LogP contribution is 2.26. The highest BCUT2D eigenvalue weighted by molar-refractivity contribution is 7.18. The number of fused-ring (bicyclic) bond motifs is 1. The van der Waals surface area contributed by atoms with Crippen LogP contribution in [0.5, 0.6) is 0 Å². The van der Waals surface area contributed by atoms with E-state index in [9.17, 15) is 4.79 Å². The van der Waals surface area contributed by atoms with E-state index >= 15 is 0 Å². The molecule has 2 aromatic heterocycles. The lowest BCUT2D eigenvalue weighted by molar-refractivity contribution is -0.120. The van der Waals surface area contributed by atoms with Gasteiger partial charge in [-0.3, -0.25) is 4.79 Å². The summed E-state index contributed by atoms with van der Waals surface area (Å²) in [4.78, 5) is 19.3. The number of nitrogens with one attached hydrogen (secondary N) is 1. The number of rotatable bonds is 3.